The number of aromatic nitrogens is 7. The number of fused-ring (bicyclic) bond motifs is 7. The number of aryl methyl sites for hydroxylation is 14. The van der Waals surface area contributed by atoms with Crippen LogP contribution < -0.4 is 0 Å². The van der Waals surface area contributed by atoms with Crippen molar-refractivity contribution in [3.8, 4) is 0 Å². The Balaban J connectivity index is 0.000000554. The number of hydrogen-bond donors (Lipinski definition) is 0. The van der Waals surface area contributed by atoms with Crippen LogP contribution in [0.1, 0.15) is 175 Å². The number of benzene rings is 7. The summed E-state index contributed by atoms with van der Waals surface area (Å²) in [5, 5.41) is 12.5. The predicted octanol–water partition coefficient (Wildman–Crippen LogP) is 27.1. The van der Waals surface area contributed by atoms with E-state index >= 15 is 0 Å². The fourth-order valence-electron chi connectivity index (χ4n) is 9.70. The van der Waals surface area contributed by atoms with E-state index in [4.69, 9.17) is 0 Å². The van der Waals surface area contributed by atoms with Crippen molar-refractivity contribution in [2.24, 2.45) is 0 Å². The maximum atomic E-state index is 4.44. The fraction of sp³-hybridized carbons (Fsp3) is 0.308. The normalized spacial score (nSPS) is 9.43. The van der Waals surface area contributed by atoms with Crippen LogP contribution in [0, 0.1) is 96.9 Å². The van der Waals surface area contributed by atoms with E-state index in [0.717, 1.165) is 44.8 Å². The second-order valence-corrected chi connectivity index (χ2v) is 22.1. The van der Waals surface area contributed by atoms with E-state index in [9.17, 15) is 0 Å². The van der Waals surface area contributed by atoms with Crippen molar-refractivity contribution in [3.63, 3.8) is 0 Å². The van der Waals surface area contributed by atoms with Gasteiger partial charge >= 0.3 is 0 Å². The number of rotatable bonds is 0. The summed E-state index contributed by atoms with van der Waals surface area (Å²) in [4.78, 5) is 30.1. The Labute approximate surface area is 592 Å². The van der Waals surface area contributed by atoms with Crippen molar-refractivity contribution in [1.29, 1.82) is 0 Å². The van der Waals surface area contributed by atoms with Gasteiger partial charge in [-0.05, 0) is 219 Å². The van der Waals surface area contributed by atoms with Gasteiger partial charge in [-0.3, -0.25) is 34.9 Å². The molecule has 14 rings (SSSR count). The molecule has 7 aromatic heterocycles. The van der Waals surface area contributed by atoms with E-state index in [1.807, 2.05) is 180 Å². The van der Waals surface area contributed by atoms with Crippen molar-refractivity contribution in [1.82, 2.24) is 34.9 Å². The number of nitrogens with zero attached hydrogens (tertiary/aromatic N) is 7. The highest BCUT2D eigenvalue weighted by molar-refractivity contribution is 5.88. The molecule has 0 fully saturated rings. The highest BCUT2D eigenvalue weighted by Gasteiger charge is 2.02. The van der Waals surface area contributed by atoms with E-state index in [0.29, 0.717) is 0 Å². The topological polar surface area (TPSA) is 90.2 Å². The lowest BCUT2D eigenvalue weighted by atomic mass is 10.0. The molecule has 98 heavy (non-hydrogen) atoms. The molecule has 0 saturated carbocycles. The second kappa shape index (κ2) is 48.2. The molecule has 0 spiro atoms. The van der Waals surface area contributed by atoms with Gasteiger partial charge < -0.3 is 0 Å². The Kier molecular flexibility index (Phi) is 42.5. The highest BCUT2D eigenvalue weighted by atomic mass is 14.7. The first-order chi connectivity index (χ1) is 47.3. The van der Waals surface area contributed by atoms with Gasteiger partial charge in [0, 0.05) is 97.7 Å². The third-order valence-electron chi connectivity index (χ3n) is 14.4. The van der Waals surface area contributed by atoms with Crippen LogP contribution in [-0.2, 0) is 0 Å². The van der Waals surface area contributed by atoms with Gasteiger partial charge in [-0.1, -0.05) is 223 Å². The third-order valence-corrected chi connectivity index (χ3v) is 14.4. The van der Waals surface area contributed by atoms with Gasteiger partial charge in [0.1, 0.15) is 0 Å². The number of pyridine rings is 7. The van der Waals surface area contributed by atoms with E-state index < -0.39 is 0 Å². The van der Waals surface area contributed by atoms with Crippen LogP contribution in [0.5, 0.6) is 0 Å². The van der Waals surface area contributed by atoms with Crippen LogP contribution in [0.4, 0.5) is 0 Å². The van der Waals surface area contributed by atoms with E-state index in [1.54, 1.807) is 0 Å². The predicted molar refractivity (Wildman–Crippen MR) is 438 cm³/mol. The number of hydrogen-bond acceptors (Lipinski definition) is 7. The van der Waals surface area contributed by atoms with Crippen molar-refractivity contribution < 1.29 is 0 Å². The SMILES string of the molecule is CC.CC.CC.CC.CC.CC.CC.Cc1ccc(C)c2cnccc12.Cc1ccc(C)c2ncccc12.Cc1ccc2ccc(C)nc2c1.Cc1ccc2ccc(C)nc2c1.Cc1ccc2cnc(C)cc2c1.Cc1ccc2cnc(C)cc2c1.Cc1ccc2ncc(C)cc2c1. The summed E-state index contributed by atoms with van der Waals surface area (Å²) in [6.07, 6.45) is 11.4. The average molecular weight is 1310 g/mol. The van der Waals surface area contributed by atoms with Crippen molar-refractivity contribution >= 4 is 75.9 Å². The van der Waals surface area contributed by atoms with Gasteiger partial charge in [0.25, 0.3) is 0 Å². The summed E-state index contributed by atoms with van der Waals surface area (Å²) in [6, 6.07) is 61.2. The zero-order chi connectivity index (χ0) is 73.9. The van der Waals surface area contributed by atoms with Gasteiger partial charge in [-0.15, -0.1) is 0 Å². The zero-order valence-corrected chi connectivity index (χ0v) is 65.3. The lowest BCUT2D eigenvalue weighted by molar-refractivity contribution is 1.22. The molecule has 0 radical (unpaired) electrons. The van der Waals surface area contributed by atoms with Crippen LogP contribution >= 0.6 is 0 Å². The van der Waals surface area contributed by atoms with Gasteiger partial charge in [0.05, 0.1) is 22.1 Å². The lowest BCUT2D eigenvalue weighted by Crippen LogP contribution is -1.84. The molecule has 518 valence electrons. The summed E-state index contributed by atoms with van der Waals surface area (Å²) in [5.41, 5.74) is 21.5. The second-order valence-electron chi connectivity index (χ2n) is 22.1. The van der Waals surface area contributed by atoms with E-state index in [2.05, 4.69) is 262 Å². The highest BCUT2D eigenvalue weighted by Crippen LogP contribution is 2.23. The fourth-order valence-corrected chi connectivity index (χ4v) is 9.70. The average Bonchev–Trinajstić information content (AvgIpc) is 0.917. The largest absolute Gasteiger partial charge is 0.264 e. The van der Waals surface area contributed by atoms with Crippen LogP contribution in [0.15, 0.2) is 213 Å². The molecule has 7 aromatic carbocycles. The molecule has 0 aliphatic heterocycles. The molecule has 0 unspecified atom stereocenters. The van der Waals surface area contributed by atoms with Crippen LogP contribution in [0.3, 0.4) is 0 Å². The molecule has 0 N–H and O–H groups in total. The molecule has 7 heterocycles. The summed E-state index contributed by atoms with van der Waals surface area (Å²) >= 11 is 0. The van der Waals surface area contributed by atoms with Crippen molar-refractivity contribution in [2.45, 2.75) is 194 Å². The first kappa shape index (κ1) is 86.4. The Morgan fingerprint density at radius 2 is 0.592 bits per heavy atom. The quantitative estimate of drug-likeness (QED) is 0.149. The minimum atomic E-state index is 1.08. The van der Waals surface area contributed by atoms with Gasteiger partial charge in [-0.2, -0.15) is 0 Å². The molecular weight excluding hydrogens is 1190 g/mol. The van der Waals surface area contributed by atoms with E-state index in [-0.39, 0.29) is 0 Å². The van der Waals surface area contributed by atoms with Gasteiger partial charge in [0.2, 0.25) is 0 Å². The summed E-state index contributed by atoms with van der Waals surface area (Å²) in [6.45, 7) is 57.1. The van der Waals surface area contributed by atoms with Gasteiger partial charge in [0.15, 0.2) is 0 Å². The first-order valence-corrected chi connectivity index (χ1v) is 35.6. The van der Waals surface area contributed by atoms with Crippen molar-refractivity contribution in [3.05, 3.63) is 292 Å². The molecule has 0 aliphatic rings. The van der Waals surface area contributed by atoms with Gasteiger partial charge in [-0.25, -0.2) is 0 Å². The molecule has 0 amide bonds. The molecule has 7 nitrogen and oxygen atoms in total. The summed E-state index contributed by atoms with van der Waals surface area (Å²) < 4.78 is 0. The Morgan fingerprint density at radius 3 is 1.04 bits per heavy atom. The summed E-state index contributed by atoms with van der Waals surface area (Å²) in [5.74, 6) is 0. The molecule has 0 aliphatic carbocycles. The third kappa shape index (κ3) is 28.6. The Hall–Kier alpha value is -9.59. The smallest absolute Gasteiger partial charge is 0.0733 e. The monoisotopic (exact) mass is 1310 g/mol. The summed E-state index contributed by atoms with van der Waals surface area (Å²) in [7, 11) is 0. The Morgan fingerprint density at radius 1 is 0.214 bits per heavy atom. The van der Waals surface area contributed by atoms with Crippen LogP contribution in [0.25, 0.3) is 75.9 Å². The maximum Gasteiger partial charge on any atom is 0.0733 e. The van der Waals surface area contributed by atoms with Crippen molar-refractivity contribution in [2.75, 3.05) is 0 Å². The molecule has 7 heteroatoms. The molecule has 0 bridgehead atoms. The molecule has 0 atom stereocenters. The molecule has 14 aromatic rings. The lowest BCUT2D eigenvalue weighted by Gasteiger charge is -2.03. The zero-order valence-electron chi connectivity index (χ0n) is 65.3. The van der Waals surface area contributed by atoms with E-state index in [1.165, 1.54) is 109 Å². The van der Waals surface area contributed by atoms with Crippen LogP contribution in [-0.4, -0.2) is 34.9 Å². The first-order valence-electron chi connectivity index (χ1n) is 35.6. The Bertz CT molecular complexity index is 3730. The molecule has 0 saturated heterocycles. The van der Waals surface area contributed by atoms with Crippen LogP contribution in [0.2, 0.25) is 0 Å². The maximum absolute atomic E-state index is 4.44. The molecular formula is C91H119N7. The minimum Gasteiger partial charge on any atom is -0.264 e. The minimum absolute atomic E-state index is 1.08. The standard InChI is InChI=1S/7C11H11N.7C2H6/c2*1-8-3-5-10-6-4-9(2)12-11(10)7-8;2*1-8-3-4-10-7-12-9(2)6-11(10)5-8;1-8-3-4-11-10(5-8)6-9(2)7-12-11;1-8-3-4-9(2)11-7-12-6-5-10(8)11;1-8-5-6-9(2)11-10(8)4-3-7-12-11;7*1-2/h7*3-7H,1-2H3;7*1-2H3.